The van der Waals surface area contributed by atoms with Gasteiger partial charge in [-0.25, -0.2) is 4.98 Å². The average molecular weight is 515 g/mol. The van der Waals surface area contributed by atoms with Gasteiger partial charge in [0.25, 0.3) is 0 Å². The van der Waals surface area contributed by atoms with Crippen molar-refractivity contribution in [3.63, 3.8) is 0 Å². The zero-order valence-corrected chi connectivity index (χ0v) is 23.1. The van der Waals surface area contributed by atoms with E-state index in [4.69, 9.17) is 19.4 Å². The minimum atomic E-state index is -0.232. The lowest BCUT2D eigenvalue weighted by molar-refractivity contribution is -0.153. The van der Waals surface area contributed by atoms with E-state index in [1.165, 1.54) is 0 Å². The first-order valence-corrected chi connectivity index (χ1v) is 14.0. The normalized spacial score (nSPS) is 23.9. The molecule has 0 spiro atoms. The highest BCUT2D eigenvalue weighted by atomic mass is 16.7. The van der Waals surface area contributed by atoms with Gasteiger partial charge in [0.15, 0.2) is 11.5 Å². The van der Waals surface area contributed by atoms with E-state index in [0.717, 1.165) is 84.2 Å². The van der Waals surface area contributed by atoms with E-state index >= 15 is 0 Å². The Morgan fingerprint density at radius 3 is 2.26 bits per heavy atom. The van der Waals surface area contributed by atoms with E-state index in [0.29, 0.717) is 5.91 Å². The second-order valence-electron chi connectivity index (χ2n) is 12.0. The Balaban J connectivity index is 1.36. The first-order chi connectivity index (χ1) is 18.2. The summed E-state index contributed by atoms with van der Waals surface area (Å²) in [5, 5.41) is 0. The van der Waals surface area contributed by atoms with E-state index in [9.17, 15) is 4.79 Å². The molecule has 7 nitrogen and oxygen atoms in total. The Bertz CT molecular complexity index is 1340. The van der Waals surface area contributed by atoms with E-state index in [-0.39, 0.29) is 29.7 Å². The Morgan fingerprint density at radius 1 is 0.921 bits per heavy atom. The average Bonchev–Trinajstić information content (AvgIpc) is 3.57. The molecule has 0 saturated heterocycles. The van der Waals surface area contributed by atoms with Gasteiger partial charge in [-0.3, -0.25) is 9.78 Å². The van der Waals surface area contributed by atoms with Gasteiger partial charge < -0.3 is 19.4 Å². The van der Waals surface area contributed by atoms with Gasteiger partial charge in [0.2, 0.25) is 12.7 Å². The topological polar surface area (TPSA) is 80.3 Å². The van der Waals surface area contributed by atoms with E-state index in [1.54, 1.807) is 0 Å². The third-order valence-corrected chi connectivity index (χ3v) is 9.04. The molecule has 1 aliphatic heterocycles. The van der Waals surface area contributed by atoms with Gasteiger partial charge in [0.05, 0.1) is 17.1 Å². The lowest BCUT2D eigenvalue weighted by Crippen LogP contribution is -2.56. The smallest absolute Gasteiger partial charge is 0.231 e. The molecule has 0 unspecified atom stereocenters. The molecule has 0 radical (unpaired) electrons. The second kappa shape index (κ2) is 9.14. The van der Waals surface area contributed by atoms with Gasteiger partial charge >= 0.3 is 0 Å². The van der Waals surface area contributed by atoms with Crippen molar-refractivity contribution in [1.82, 2.24) is 19.9 Å². The predicted molar refractivity (Wildman–Crippen MR) is 147 cm³/mol. The standard InChI is InChI=1S/C31H38N4O3/c1-19(2)35(20(3)4)29(36)31-14-11-30(12-15-31,13-16-31)28-33-26(22-9-10-24-25(17-22)38-18-37-24)27(34-28)23-8-6-7-21(5)32-23/h6-10,17,19-20H,11-16,18H2,1-5H3,(H,33,34). The summed E-state index contributed by atoms with van der Waals surface area (Å²) in [4.78, 5) is 29.8. The number of nitrogens with one attached hydrogen (secondary N) is 1. The lowest BCUT2D eigenvalue weighted by Gasteiger charge is -2.53. The third-order valence-electron chi connectivity index (χ3n) is 9.04. The van der Waals surface area contributed by atoms with Crippen molar-refractivity contribution >= 4 is 5.91 Å². The number of hydrogen-bond donors (Lipinski definition) is 1. The van der Waals surface area contributed by atoms with Crippen molar-refractivity contribution < 1.29 is 14.3 Å². The van der Waals surface area contributed by atoms with Crippen LogP contribution in [-0.4, -0.2) is 44.6 Å². The zero-order chi connectivity index (χ0) is 26.7. The molecule has 7 rings (SSSR count). The molecule has 3 heterocycles. The summed E-state index contributed by atoms with van der Waals surface area (Å²) in [5.41, 5.74) is 4.36. The van der Waals surface area contributed by atoms with Crippen LogP contribution in [0.15, 0.2) is 36.4 Å². The molecule has 1 aromatic carbocycles. The van der Waals surface area contributed by atoms with Gasteiger partial charge in [-0.05, 0) is 103 Å². The third kappa shape index (κ3) is 3.98. The highest BCUT2D eigenvalue weighted by Gasteiger charge is 2.55. The number of aromatic amines is 1. The molecular formula is C31H38N4O3. The quantitative estimate of drug-likeness (QED) is 0.411. The summed E-state index contributed by atoms with van der Waals surface area (Å²) in [6.45, 7) is 10.8. The SMILES string of the molecule is Cc1cccc(-c2[nH]c(C34CCC(C(=O)N(C(C)C)C(C)C)(CC3)CC4)nc2-c2ccc3c(c2)OCO3)n1. The summed E-state index contributed by atoms with van der Waals surface area (Å²) in [6, 6.07) is 12.5. The number of imidazole rings is 1. The van der Waals surface area contributed by atoms with Crippen LogP contribution in [0.1, 0.15) is 77.7 Å². The van der Waals surface area contributed by atoms with Gasteiger partial charge in [-0.2, -0.15) is 0 Å². The van der Waals surface area contributed by atoms with Crippen LogP contribution in [0.3, 0.4) is 0 Å². The number of amides is 1. The maximum atomic E-state index is 13.8. The van der Waals surface area contributed by atoms with Crippen molar-refractivity contribution in [2.75, 3.05) is 6.79 Å². The molecular weight excluding hydrogens is 476 g/mol. The van der Waals surface area contributed by atoms with Crippen molar-refractivity contribution in [2.24, 2.45) is 5.41 Å². The maximum absolute atomic E-state index is 13.8. The molecule has 3 aliphatic carbocycles. The highest BCUT2D eigenvalue weighted by molar-refractivity contribution is 5.84. The van der Waals surface area contributed by atoms with Gasteiger partial charge in [-0.15, -0.1) is 0 Å². The molecule has 2 bridgehead atoms. The molecule has 200 valence electrons. The van der Waals surface area contributed by atoms with Gasteiger partial charge in [-0.1, -0.05) is 6.07 Å². The van der Waals surface area contributed by atoms with Crippen LogP contribution < -0.4 is 9.47 Å². The molecule has 3 aromatic rings. The van der Waals surface area contributed by atoms with Crippen molar-refractivity contribution in [1.29, 1.82) is 0 Å². The highest BCUT2D eigenvalue weighted by Crippen LogP contribution is 2.58. The van der Waals surface area contributed by atoms with Crippen LogP contribution in [-0.2, 0) is 10.2 Å². The molecule has 4 aliphatic rings. The summed E-state index contributed by atoms with van der Waals surface area (Å²) in [5.74, 6) is 2.87. The summed E-state index contributed by atoms with van der Waals surface area (Å²) in [6.07, 6.45) is 5.66. The Hall–Kier alpha value is -3.35. The van der Waals surface area contributed by atoms with Crippen LogP contribution >= 0.6 is 0 Å². The van der Waals surface area contributed by atoms with E-state index < -0.39 is 0 Å². The first-order valence-electron chi connectivity index (χ1n) is 14.0. The fraction of sp³-hybridized carbons (Fsp3) is 0.516. The minimum absolute atomic E-state index is 0.0459. The van der Waals surface area contributed by atoms with Crippen LogP contribution in [0.25, 0.3) is 22.6 Å². The number of benzene rings is 1. The molecule has 0 atom stereocenters. The van der Waals surface area contributed by atoms with Crippen molar-refractivity contribution in [3.05, 3.63) is 47.9 Å². The molecule has 1 amide bonds. The van der Waals surface area contributed by atoms with Crippen LogP contribution in [0.4, 0.5) is 0 Å². The lowest BCUT2D eigenvalue weighted by atomic mass is 9.53. The summed E-state index contributed by atoms with van der Waals surface area (Å²) < 4.78 is 11.2. The Morgan fingerprint density at radius 2 is 1.61 bits per heavy atom. The monoisotopic (exact) mass is 514 g/mol. The number of hydrogen-bond acceptors (Lipinski definition) is 5. The van der Waals surface area contributed by atoms with E-state index in [2.05, 4.69) is 37.6 Å². The number of fused-ring (bicyclic) bond motifs is 4. The summed E-state index contributed by atoms with van der Waals surface area (Å²) >= 11 is 0. The first kappa shape index (κ1) is 25.0. The van der Waals surface area contributed by atoms with Crippen LogP contribution in [0.5, 0.6) is 11.5 Å². The molecule has 1 N–H and O–H groups in total. The maximum Gasteiger partial charge on any atom is 0.231 e. The number of rotatable bonds is 6. The molecule has 3 saturated carbocycles. The number of aryl methyl sites for hydroxylation is 1. The zero-order valence-electron chi connectivity index (χ0n) is 23.1. The number of nitrogens with zero attached hydrogens (tertiary/aromatic N) is 3. The molecule has 7 heteroatoms. The fourth-order valence-corrected chi connectivity index (χ4v) is 6.95. The van der Waals surface area contributed by atoms with Gasteiger partial charge in [0.1, 0.15) is 5.82 Å². The number of H-pyrrole nitrogens is 1. The Labute approximate surface area is 225 Å². The summed E-state index contributed by atoms with van der Waals surface area (Å²) in [7, 11) is 0. The molecule has 3 fully saturated rings. The number of carbonyl (C=O) groups excluding carboxylic acids is 1. The van der Waals surface area contributed by atoms with E-state index in [1.807, 2.05) is 43.3 Å². The van der Waals surface area contributed by atoms with Crippen LogP contribution in [0.2, 0.25) is 0 Å². The van der Waals surface area contributed by atoms with Gasteiger partial charge in [0, 0.05) is 34.2 Å². The van der Waals surface area contributed by atoms with Crippen molar-refractivity contribution in [3.8, 4) is 34.1 Å². The van der Waals surface area contributed by atoms with Crippen LogP contribution in [0, 0.1) is 12.3 Å². The number of carbonyl (C=O) groups is 1. The fourth-order valence-electron chi connectivity index (χ4n) is 6.95. The predicted octanol–water partition coefficient (Wildman–Crippen LogP) is 6.41. The molecule has 2 aromatic heterocycles. The minimum Gasteiger partial charge on any atom is -0.454 e. The number of ether oxygens (including phenoxy) is 2. The second-order valence-corrected chi connectivity index (χ2v) is 12.0. The number of aromatic nitrogens is 3. The Kier molecular flexibility index (Phi) is 6.00. The molecule has 38 heavy (non-hydrogen) atoms. The van der Waals surface area contributed by atoms with Crippen molar-refractivity contribution in [2.45, 2.75) is 90.6 Å². The largest absolute Gasteiger partial charge is 0.454 e. The number of pyridine rings is 1.